The van der Waals surface area contributed by atoms with Crippen LogP contribution in [0.25, 0.3) is 10.4 Å². The van der Waals surface area contributed by atoms with Gasteiger partial charge >= 0.3 is 0 Å². The van der Waals surface area contributed by atoms with Crippen LogP contribution in [0.15, 0.2) is 30.3 Å². The highest BCUT2D eigenvalue weighted by molar-refractivity contribution is 7.17. The first kappa shape index (κ1) is 12.1. The molecule has 2 heterocycles. The summed E-state index contributed by atoms with van der Waals surface area (Å²) in [6.07, 6.45) is 1.76. The smallest absolute Gasteiger partial charge is 0.253 e. The van der Waals surface area contributed by atoms with E-state index in [1.807, 2.05) is 31.3 Å². The molecule has 1 amide bonds. The van der Waals surface area contributed by atoms with E-state index in [1.54, 1.807) is 11.0 Å². The molecule has 3 rings (SSSR count). The number of amides is 1. The van der Waals surface area contributed by atoms with E-state index in [4.69, 9.17) is 0 Å². The molecule has 4 heteroatoms. The van der Waals surface area contributed by atoms with E-state index >= 15 is 0 Å². The number of aldehydes is 1. The van der Waals surface area contributed by atoms with Gasteiger partial charge in [-0.15, -0.1) is 11.3 Å². The maximum Gasteiger partial charge on any atom is 0.253 e. The van der Waals surface area contributed by atoms with E-state index in [-0.39, 0.29) is 5.91 Å². The fourth-order valence-corrected chi connectivity index (χ4v) is 3.13. The van der Waals surface area contributed by atoms with Gasteiger partial charge in [-0.3, -0.25) is 9.59 Å². The van der Waals surface area contributed by atoms with E-state index in [1.165, 1.54) is 11.3 Å². The van der Waals surface area contributed by atoms with Crippen molar-refractivity contribution in [2.24, 2.45) is 0 Å². The van der Waals surface area contributed by atoms with Gasteiger partial charge in [0.15, 0.2) is 6.29 Å². The summed E-state index contributed by atoms with van der Waals surface area (Å²) in [4.78, 5) is 26.3. The van der Waals surface area contributed by atoms with Crippen LogP contribution in [0, 0.1) is 0 Å². The second-order valence-corrected chi connectivity index (χ2v) is 5.78. The van der Waals surface area contributed by atoms with Crippen LogP contribution in [-0.2, 0) is 6.42 Å². The molecule has 0 bridgehead atoms. The molecule has 0 saturated carbocycles. The van der Waals surface area contributed by atoms with Gasteiger partial charge in [-0.2, -0.15) is 0 Å². The Morgan fingerprint density at radius 3 is 2.84 bits per heavy atom. The number of carbonyl (C=O) groups excluding carboxylic acids is 2. The molecule has 0 aliphatic carbocycles. The molecule has 1 aliphatic rings. The minimum atomic E-state index is 0.0790. The molecule has 2 aromatic rings. The Morgan fingerprint density at radius 1 is 1.26 bits per heavy atom. The average Bonchev–Trinajstić information content (AvgIpc) is 2.92. The summed E-state index contributed by atoms with van der Waals surface area (Å²) in [6, 6.07) is 9.72. The first-order chi connectivity index (χ1) is 9.19. The molecule has 0 saturated heterocycles. The number of thiophene rings is 1. The third-order valence-corrected chi connectivity index (χ3v) is 4.49. The molecule has 19 heavy (non-hydrogen) atoms. The predicted molar refractivity (Wildman–Crippen MR) is 75.8 cm³/mol. The zero-order valence-electron chi connectivity index (χ0n) is 10.6. The average molecular weight is 271 g/mol. The number of carbonyl (C=O) groups is 2. The van der Waals surface area contributed by atoms with E-state index in [9.17, 15) is 9.59 Å². The minimum Gasteiger partial charge on any atom is -0.341 e. The van der Waals surface area contributed by atoms with E-state index in [0.717, 1.165) is 40.8 Å². The topological polar surface area (TPSA) is 37.4 Å². The number of hydrogen-bond acceptors (Lipinski definition) is 3. The molecule has 96 valence electrons. The van der Waals surface area contributed by atoms with Gasteiger partial charge in [0.25, 0.3) is 5.91 Å². The summed E-state index contributed by atoms with van der Waals surface area (Å²) in [5, 5.41) is 0. The van der Waals surface area contributed by atoms with Crippen LogP contribution >= 0.6 is 11.3 Å². The fourth-order valence-electron chi connectivity index (χ4n) is 2.31. The standard InChI is InChI=1S/C15H13NO2S/c1-16-7-6-10-2-3-11(8-13(10)15(16)18)14-5-4-12(9-17)19-14/h2-5,8-9H,6-7H2,1H3. The Morgan fingerprint density at radius 2 is 2.11 bits per heavy atom. The molecule has 1 aromatic heterocycles. The molecule has 1 aromatic carbocycles. The summed E-state index contributed by atoms with van der Waals surface area (Å²) >= 11 is 1.45. The second-order valence-electron chi connectivity index (χ2n) is 4.67. The first-order valence-corrected chi connectivity index (χ1v) is 6.94. The summed E-state index contributed by atoms with van der Waals surface area (Å²) in [5.41, 5.74) is 2.90. The minimum absolute atomic E-state index is 0.0790. The van der Waals surface area contributed by atoms with E-state index < -0.39 is 0 Å². The van der Waals surface area contributed by atoms with Gasteiger partial charge in [0.1, 0.15) is 0 Å². The summed E-state index contributed by atoms with van der Waals surface area (Å²) in [7, 11) is 1.83. The van der Waals surface area contributed by atoms with Crippen molar-refractivity contribution in [1.82, 2.24) is 4.90 Å². The van der Waals surface area contributed by atoms with Crippen molar-refractivity contribution in [3.8, 4) is 10.4 Å². The van der Waals surface area contributed by atoms with Crippen LogP contribution in [-0.4, -0.2) is 30.7 Å². The molecule has 0 radical (unpaired) electrons. The number of likely N-dealkylation sites (N-methyl/N-ethyl adjacent to an activating group) is 1. The van der Waals surface area contributed by atoms with Gasteiger partial charge in [-0.1, -0.05) is 12.1 Å². The van der Waals surface area contributed by atoms with Crippen LogP contribution < -0.4 is 0 Å². The van der Waals surface area contributed by atoms with E-state index in [0.29, 0.717) is 4.88 Å². The van der Waals surface area contributed by atoms with Crippen LogP contribution in [0.3, 0.4) is 0 Å². The zero-order chi connectivity index (χ0) is 13.4. The highest BCUT2D eigenvalue weighted by Gasteiger charge is 2.21. The predicted octanol–water partition coefficient (Wildman–Crippen LogP) is 2.86. The molecule has 0 N–H and O–H groups in total. The normalized spacial score (nSPS) is 14.4. The third kappa shape index (κ3) is 2.08. The van der Waals surface area contributed by atoms with Crippen molar-refractivity contribution in [3.63, 3.8) is 0 Å². The number of nitrogens with zero attached hydrogens (tertiary/aromatic N) is 1. The lowest BCUT2D eigenvalue weighted by Gasteiger charge is -2.25. The van der Waals surface area contributed by atoms with Gasteiger partial charge in [-0.05, 0) is 35.7 Å². The highest BCUT2D eigenvalue weighted by atomic mass is 32.1. The monoisotopic (exact) mass is 271 g/mol. The maximum absolute atomic E-state index is 12.1. The Hall–Kier alpha value is -1.94. The van der Waals surface area contributed by atoms with Gasteiger partial charge in [0.05, 0.1) is 4.88 Å². The molecule has 0 spiro atoms. The van der Waals surface area contributed by atoms with Gasteiger partial charge in [-0.25, -0.2) is 0 Å². The number of fused-ring (bicyclic) bond motifs is 1. The molecule has 0 fully saturated rings. The van der Waals surface area contributed by atoms with Crippen molar-refractivity contribution < 1.29 is 9.59 Å². The molecular weight excluding hydrogens is 258 g/mol. The van der Waals surface area contributed by atoms with Crippen LogP contribution in [0.4, 0.5) is 0 Å². The lowest BCUT2D eigenvalue weighted by Crippen LogP contribution is -2.34. The van der Waals surface area contributed by atoms with Crippen molar-refractivity contribution in [1.29, 1.82) is 0 Å². The van der Waals surface area contributed by atoms with Gasteiger partial charge < -0.3 is 4.90 Å². The van der Waals surface area contributed by atoms with Gasteiger partial charge in [0, 0.05) is 24.0 Å². The molecule has 0 atom stereocenters. The highest BCUT2D eigenvalue weighted by Crippen LogP contribution is 2.30. The Kier molecular flexibility index (Phi) is 2.95. The number of benzene rings is 1. The van der Waals surface area contributed by atoms with Crippen LogP contribution in [0.5, 0.6) is 0 Å². The summed E-state index contributed by atoms with van der Waals surface area (Å²) in [6.45, 7) is 0.777. The largest absolute Gasteiger partial charge is 0.341 e. The lowest BCUT2D eigenvalue weighted by atomic mass is 9.96. The van der Waals surface area contributed by atoms with Crippen molar-refractivity contribution in [2.45, 2.75) is 6.42 Å². The molecule has 3 nitrogen and oxygen atoms in total. The lowest BCUT2D eigenvalue weighted by molar-refractivity contribution is 0.0781. The molecule has 1 aliphatic heterocycles. The maximum atomic E-state index is 12.1. The first-order valence-electron chi connectivity index (χ1n) is 6.13. The SMILES string of the molecule is CN1CCc2ccc(-c3ccc(C=O)s3)cc2C1=O. The van der Waals surface area contributed by atoms with Crippen molar-refractivity contribution in [3.05, 3.63) is 46.3 Å². The zero-order valence-corrected chi connectivity index (χ0v) is 11.4. The second kappa shape index (κ2) is 4.63. The fraction of sp³-hybridized carbons (Fsp3) is 0.200. The Balaban J connectivity index is 2.05. The molecular formula is C15H13NO2S. The number of rotatable bonds is 2. The third-order valence-electron chi connectivity index (χ3n) is 3.43. The summed E-state index contributed by atoms with van der Waals surface area (Å²) in [5.74, 6) is 0.0790. The Bertz CT molecular complexity index is 660. The number of hydrogen-bond donors (Lipinski definition) is 0. The van der Waals surface area contributed by atoms with Crippen LogP contribution in [0.1, 0.15) is 25.6 Å². The van der Waals surface area contributed by atoms with E-state index in [2.05, 4.69) is 0 Å². The summed E-state index contributed by atoms with van der Waals surface area (Å²) < 4.78 is 0. The molecule has 0 unspecified atom stereocenters. The van der Waals surface area contributed by atoms with Crippen molar-refractivity contribution >= 4 is 23.5 Å². The quantitative estimate of drug-likeness (QED) is 0.788. The van der Waals surface area contributed by atoms with Crippen LogP contribution in [0.2, 0.25) is 0 Å². The van der Waals surface area contributed by atoms with Crippen molar-refractivity contribution in [2.75, 3.05) is 13.6 Å². The van der Waals surface area contributed by atoms with Gasteiger partial charge in [0.2, 0.25) is 0 Å². The Labute approximate surface area is 115 Å².